The lowest BCUT2D eigenvalue weighted by Crippen LogP contribution is -2.47. The second kappa shape index (κ2) is 4.18. The quantitative estimate of drug-likeness (QED) is 0.644. The summed E-state index contributed by atoms with van der Waals surface area (Å²) >= 11 is 2.13. The van der Waals surface area contributed by atoms with Gasteiger partial charge < -0.3 is 10.2 Å². The van der Waals surface area contributed by atoms with Crippen molar-refractivity contribution < 1.29 is 0 Å². The first-order chi connectivity index (χ1) is 5.31. The second-order valence-corrected chi connectivity index (χ2v) is 5.05. The third-order valence-corrected chi connectivity index (χ3v) is 4.24. The van der Waals surface area contributed by atoms with E-state index in [-0.39, 0.29) is 12.4 Å². The summed E-state index contributed by atoms with van der Waals surface area (Å²) in [6, 6.07) is 0. The molecule has 0 aromatic carbocycles. The summed E-state index contributed by atoms with van der Waals surface area (Å²) in [4.78, 5) is 2.90. The fraction of sp³-hybridized carbons (Fsp3) is 1.00. The summed E-state index contributed by atoms with van der Waals surface area (Å²) < 4.78 is 0. The normalized spacial score (nSPS) is 28.8. The summed E-state index contributed by atoms with van der Waals surface area (Å²) in [7, 11) is 2.21. The van der Waals surface area contributed by atoms with Crippen LogP contribution in [0.25, 0.3) is 0 Å². The average Bonchev–Trinajstić information content (AvgIpc) is 2.45. The topological polar surface area (TPSA) is 15.3 Å². The molecule has 0 unspecified atom stereocenters. The highest BCUT2D eigenvalue weighted by Gasteiger charge is 2.36. The molecule has 0 aliphatic carbocycles. The predicted octanol–water partition coefficient (Wildman–Crippen LogP) is 1.17. The molecule has 2 heterocycles. The molecule has 0 atom stereocenters. The average molecular weight is 209 g/mol. The van der Waals surface area contributed by atoms with Crippen LogP contribution in [-0.2, 0) is 0 Å². The molecule has 2 aliphatic heterocycles. The zero-order valence-corrected chi connectivity index (χ0v) is 9.14. The lowest BCUT2D eigenvalue weighted by Gasteiger charge is -2.37. The highest BCUT2D eigenvalue weighted by molar-refractivity contribution is 8.00. The number of likely N-dealkylation sites (tertiary alicyclic amines) is 1. The van der Waals surface area contributed by atoms with E-state index in [1.165, 1.54) is 38.2 Å². The number of nitrogens with zero attached hydrogens (tertiary/aromatic N) is 1. The molecule has 0 aromatic heterocycles. The number of halogens is 1. The lowest BCUT2D eigenvalue weighted by molar-refractivity contribution is 0.224. The van der Waals surface area contributed by atoms with Crippen molar-refractivity contribution in [2.24, 2.45) is 0 Å². The van der Waals surface area contributed by atoms with Crippen molar-refractivity contribution in [1.82, 2.24) is 10.2 Å². The van der Waals surface area contributed by atoms with Crippen LogP contribution in [-0.4, -0.2) is 42.2 Å². The van der Waals surface area contributed by atoms with Gasteiger partial charge in [0, 0.05) is 25.4 Å². The fourth-order valence-corrected chi connectivity index (χ4v) is 3.15. The molecule has 2 nitrogen and oxygen atoms in total. The van der Waals surface area contributed by atoms with E-state index in [0.717, 1.165) is 0 Å². The van der Waals surface area contributed by atoms with Gasteiger partial charge in [0.1, 0.15) is 0 Å². The Labute approximate surface area is 84.9 Å². The molecule has 0 radical (unpaired) electrons. The first-order valence-corrected chi connectivity index (χ1v) is 5.37. The Morgan fingerprint density at radius 3 is 2.50 bits per heavy atom. The van der Waals surface area contributed by atoms with Crippen molar-refractivity contribution in [3.8, 4) is 0 Å². The van der Waals surface area contributed by atoms with Gasteiger partial charge in [-0.1, -0.05) is 0 Å². The number of rotatable bonds is 0. The molecular formula is C8H17ClN2S. The molecule has 0 aromatic rings. The van der Waals surface area contributed by atoms with Crippen LogP contribution < -0.4 is 5.32 Å². The lowest BCUT2D eigenvalue weighted by atomic mass is 10.1. The summed E-state index contributed by atoms with van der Waals surface area (Å²) in [6.45, 7) is 3.74. The van der Waals surface area contributed by atoms with Crippen LogP contribution in [0.3, 0.4) is 0 Å². The third kappa shape index (κ3) is 2.08. The summed E-state index contributed by atoms with van der Waals surface area (Å²) in [6.07, 6.45) is 2.66. The van der Waals surface area contributed by atoms with Gasteiger partial charge >= 0.3 is 0 Å². The molecular weight excluding hydrogens is 192 g/mol. The van der Waals surface area contributed by atoms with E-state index in [2.05, 4.69) is 29.0 Å². The monoisotopic (exact) mass is 208 g/mol. The maximum Gasteiger partial charge on any atom is 0.0670 e. The largest absolute Gasteiger partial charge is 0.306 e. The molecule has 1 spiro atoms. The van der Waals surface area contributed by atoms with Crippen molar-refractivity contribution in [2.45, 2.75) is 17.7 Å². The van der Waals surface area contributed by atoms with Crippen molar-refractivity contribution in [2.75, 3.05) is 32.4 Å². The smallest absolute Gasteiger partial charge is 0.0670 e. The fourth-order valence-electron chi connectivity index (χ4n) is 1.88. The van der Waals surface area contributed by atoms with Crippen LogP contribution in [0.2, 0.25) is 0 Å². The number of hydrogen-bond acceptors (Lipinski definition) is 3. The van der Waals surface area contributed by atoms with E-state index in [0.29, 0.717) is 4.87 Å². The second-order valence-electron chi connectivity index (χ2n) is 3.57. The van der Waals surface area contributed by atoms with Gasteiger partial charge in [-0.3, -0.25) is 0 Å². The highest BCUT2D eigenvalue weighted by atomic mass is 35.5. The number of thioether (sulfide) groups is 1. The Hall–Kier alpha value is 0.560. The van der Waals surface area contributed by atoms with Gasteiger partial charge in [-0.2, -0.15) is 0 Å². The number of hydrogen-bond donors (Lipinski definition) is 1. The van der Waals surface area contributed by atoms with Crippen molar-refractivity contribution >= 4 is 24.2 Å². The Bertz CT molecular complexity index is 138. The molecule has 0 amide bonds. The van der Waals surface area contributed by atoms with E-state index in [1.807, 2.05) is 0 Å². The number of nitrogens with one attached hydrogen (secondary N) is 1. The van der Waals surface area contributed by atoms with Crippen molar-refractivity contribution in [3.05, 3.63) is 0 Å². The van der Waals surface area contributed by atoms with E-state index < -0.39 is 0 Å². The Kier molecular flexibility index (Phi) is 3.71. The van der Waals surface area contributed by atoms with Crippen molar-refractivity contribution in [1.29, 1.82) is 0 Å². The number of piperidine rings is 1. The first kappa shape index (κ1) is 10.6. The molecule has 0 bridgehead atoms. The molecule has 2 fully saturated rings. The van der Waals surface area contributed by atoms with Gasteiger partial charge in [-0.25, -0.2) is 0 Å². The maximum atomic E-state index is 3.63. The Morgan fingerprint density at radius 2 is 2.00 bits per heavy atom. The van der Waals surface area contributed by atoms with Crippen molar-refractivity contribution in [3.63, 3.8) is 0 Å². The van der Waals surface area contributed by atoms with Gasteiger partial charge in [0.15, 0.2) is 0 Å². The van der Waals surface area contributed by atoms with Gasteiger partial charge in [-0.15, -0.1) is 24.2 Å². The van der Waals surface area contributed by atoms with Gasteiger partial charge in [0.2, 0.25) is 0 Å². The summed E-state index contributed by atoms with van der Waals surface area (Å²) in [5.74, 6) is 1.31. The van der Waals surface area contributed by atoms with E-state index in [1.54, 1.807) is 0 Å². The first-order valence-electron chi connectivity index (χ1n) is 4.38. The zero-order chi connectivity index (χ0) is 7.73. The Morgan fingerprint density at radius 1 is 1.33 bits per heavy atom. The van der Waals surface area contributed by atoms with Gasteiger partial charge in [0.05, 0.1) is 4.87 Å². The van der Waals surface area contributed by atoms with Crippen LogP contribution in [0.5, 0.6) is 0 Å². The molecule has 1 N–H and O–H groups in total. The molecule has 12 heavy (non-hydrogen) atoms. The summed E-state index contributed by atoms with van der Waals surface area (Å²) in [5, 5.41) is 3.63. The van der Waals surface area contributed by atoms with Crippen LogP contribution >= 0.6 is 24.2 Å². The highest BCUT2D eigenvalue weighted by Crippen LogP contribution is 2.36. The van der Waals surface area contributed by atoms with E-state index in [9.17, 15) is 0 Å². The minimum atomic E-state index is 0. The summed E-state index contributed by atoms with van der Waals surface area (Å²) in [5.41, 5.74) is 0. The third-order valence-electron chi connectivity index (χ3n) is 2.72. The van der Waals surface area contributed by atoms with Crippen LogP contribution in [0.15, 0.2) is 0 Å². The van der Waals surface area contributed by atoms with Gasteiger partial charge in [-0.05, 0) is 19.9 Å². The zero-order valence-electron chi connectivity index (χ0n) is 7.51. The minimum Gasteiger partial charge on any atom is -0.306 e. The maximum absolute atomic E-state index is 3.63. The molecule has 0 saturated carbocycles. The molecule has 72 valence electrons. The minimum absolute atomic E-state index is 0. The van der Waals surface area contributed by atoms with E-state index >= 15 is 0 Å². The van der Waals surface area contributed by atoms with Crippen LogP contribution in [0.1, 0.15) is 12.8 Å². The van der Waals surface area contributed by atoms with Crippen LogP contribution in [0.4, 0.5) is 0 Å². The molecule has 2 rings (SSSR count). The molecule has 2 aliphatic rings. The SMILES string of the molecule is CN1CCC2(CC1)NCCS2.Cl. The standard InChI is InChI=1S/C8H16N2S.ClH/c1-10-5-2-8(3-6-10)9-4-7-11-8;/h9H,2-7H2,1H3;1H. The van der Waals surface area contributed by atoms with E-state index in [4.69, 9.17) is 0 Å². The predicted molar refractivity (Wildman–Crippen MR) is 57.2 cm³/mol. The van der Waals surface area contributed by atoms with Crippen LogP contribution in [0, 0.1) is 0 Å². The van der Waals surface area contributed by atoms with Gasteiger partial charge in [0.25, 0.3) is 0 Å². The molecule has 2 saturated heterocycles. The molecule has 4 heteroatoms. The Balaban J connectivity index is 0.000000720.